The molecule has 0 aromatic carbocycles. The highest BCUT2D eigenvalue weighted by atomic mass is 16.2. The minimum Gasteiger partial charge on any atom is -0.340 e. The zero-order chi connectivity index (χ0) is 22.4. The maximum Gasteiger partial charge on any atom is 0.330 e. The van der Waals surface area contributed by atoms with Crippen LogP contribution >= 0.6 is 0 Å². The Hall–Kier alpha value is -3.46. The number of likely N-dealkylation sites (tertiary alicyclic amines) is 1. The first kappa shape index (κ1) is 20.4. The first-order chi connectivity index (χ1) is 15.4. The van der Waals surface area contributed by atoms with Gasteiger partial charge >= 0.3 is 5.69 Å². The summed E-state index contributed by atoms with van der Waals surface area (Å²) in [4.78, 5) is 34.5. The zero-order valence-electron chi connectivity index (χ0n) is 18.6. The van der Waals surface area contributed by atoms with Crippen LogP contribution in [0.5, 0.6) is 0 Å². The van der Waals surface area contributed by atoms with Gasteiger partial charge in [-0.3, -0.25) is 13.9 Å². The average molecular weight is 434 g/mol. The Kier molecular flexibility index (Phi) is 5.05. The molecule has 5 rings (SSSR count). The van der Waals surface area contributed by atoms with Crippen molar-refractivity contribution in [3.63, 3.8) is 0 Å². The molecule has 0 radical (unpaired) electrons. The van der Waals surface area contributed by atoms with Crippen molar-refractivity contribution >= 4 is 22.6 Å². The van der Waals surface area contributed by atoms with E-state index in [-0.39, 0.29) is 17.6 Å². The number of piperidine rings is 1. The van der Waals surface area contributed by atoms with E-state index in [1.807, 2.05) is 64.9 Å². The van der Waals surface area contributed by atoms with Crippen LogP contribution < -0.4 is 5.69 Å². The van der Waals surface area contributed by atoms with E-state index in [0.717, 1.165) is 41.7 Å². The van der Waals surface area contributed by atoms with Gasteiger partial charge in [0.1, 0.15) is 0 Å². The van der Waals surface area contributed by atoms with Crippen LogP contribution in [0, 0.1) is 0 Å². The standard InChI is InChI=1S/C23H27N7O2/c1-26(2)15-21(31)28-11-6-7-16(14-28)30-22-20(27(3)23(30)32)10-9-18(25-22)17-13-24-29-12-5-4-8-19(17)29/h4-5,8-10,12-13,16H,6-7,11,14-15H2,1-3H3. The van der Waals surface area contributed by atoms with Crippen molar-refractivity contribution in [3.8, 4) is 11.3 Å². The fraction of sp³-hybridized carbons (Fsp3) is 0.391. The quantitative estimate of drug-likeness (QED) is 0.490. The summed E-state index contributed by atoms with van der Waals surface area (Å²) in [5, 5.41) is 4.42. The molecule has 4 aromatic heterocycles. The first-order valence-corrected chi connectivity index (χ1v) is 10.9. The van der Waals surface area contributed by atoms with E-state index in [2.05, 4.69) is 5.10 Å². The summed E-state index contributed by atoms with van der Waals surface area (Å²) >= 11 is 0. The van der Waals surface area contributed by atoms with E-state index in [1.165, 1.54) is 0 Å². The summed E-state index contributed by atoms with van der Waals surface area (Å²) in [5.74, 6) is 0.0907. The molecule has 32 heavy (non-hydrogen) atoms. The Balaban J connectivity index is 1.57. The van der Waals surface area contributed by atoms with Gasteiger partial charge in [-0.1, -0.05) is 6.07 Å². The Labute approximate surface area is 185 Å². The van der Waals surface area contributed by atoms with E-state index in [1.54, 1.807) is 22.4 Å². The third-order valence-electron chi connectivity index (χ3n) is 6.21. The summed E-state index contributed by atoms with van der Waals surface area (Å²) in [6.45, 7) is 1.62. The normalized spacial score (nSPS) is 17.0. The molecule has 9 heteroatoms. The average Bonchev–Trinajstić information content (AvgIpc) is 3.32. The van der Waals surface area contributed by atoms with Crippen molar-refractivity contribution in [2.45, 2.75) is 18.9 Å². The van der Waals surface area contributed by atoms with Crippen LogP contribution in [0.25, 0.3) is 27.9 Å². The van der Waals surface area contributed by atoms with Crippen molar-refractivity contribution in [2.75, 3.05) is 33.7 Å². The van der Waals surface area contributed by atoms with Gasteiger partial charge in [0.25, 0.3) is 0 Å². The molecule has 1 unspecified atom stereocenters. The second-order valence-corrected chi connectivity index (χ2v) is 8.71. The van der Waals surface area contributed by atoms with Crippen molar-refractivity contribution in [1.82, 2.24) is 33.5 Å². The number of imidazole rings is 1. The Bertz CT molecular complexity index is 1360. The predicted molar refractivity (Wildman–Crippen MR) is 123 cm³/mol. The van der Waals surface area contributed by atoms with Gasteiger partial charge in [0.2, 0.25) is 5.91 Å². The highest BCUT2D eigenvalue weighted by molar-refractivity contribution is 5.82. The van der Waals surface area contributed by atoms with Crippen LogP contribution in [0.3, 0.4) is 0 Å². The number of nitrogens with zero attached hydrogens (tertiary/aromatic N) is 7. The fourth-order valence-electron chi connectivity index (χ4n) is 4.61. The molecule has 1 atom stereocenters. The summed E-state index contributed by atoms with van der Waals surface area (Å²) in [6.07, 6.45) is 5.40. The second-order valence-electron chi connectivity index (χ2n) is 8.71. The number of carbonyl (C=O) groups excluding carboxylic acids is 1. The first-order valence-electron chi connectivity index (χ1n) is 10.9. The maximum atomic E-state index is 13.2. The van der Waals surface area contributed by atoms with E-state index in [0.29, 0.717) is 18.7 Å². The molecule has 1 fully saturated rings. The highest BCUT2D eigenvalue weighted by Gasteiger charge is 2.28. The number of hydrogen-bond acceptors (Lipinski definition) is 5. The van der Waals surface area contributed by atoms with Crippen LogP contribution in [0.15, 0.2) is 47.5 Å². The highest BCUT2D eigenvalue weighted by Crippen LogP contribution is 2.28. The maximum absolute atomic E-state index is 13.2. The van der Waals surface area contributed by atoms with E-state index >= 15 is 0 Å². The molecule has 0 spiro atoms. The number of fused-ring (bicyclic) bond motifs is 2. The fourth-order valence-corrected chi connectivity index (χ4v) is 4.61. The molecule has 5 heterocycles. The minimum atomic E-state index is -0.101. The SMILES string of the molecule is CN(C)CC(=O)N1CCCC(n2c(=O)n(C)c3ccc(-c4cnn5ccccc45)nc32)C1. The minimum absolute atomic E-state index is 0.0907. The number of carbonyl (C=O) groups is 1. The van der Waals surface area contributed by atoms with Gasteiger partial charge < -0.3 is 9.80 Å². The number of pyridine rings is 2. The lowest BCUT2D eigenvalue weighted by molar-refractivity contribution is -0.133. The molecule has 1 aliphatic heterocycles. The van der Waals surface area contributed by atoms with Crippen molar-refractivity contribution in [3.05, 3.63) is 53.2 Å². The number of hydrogen-bond donors (Lipinski definition) is 0. The second kappa shape index (κ2) is 7.90. The van der Waals surface area contributed by atoms with E-state index < -0.39 is 0 Å². The molecule has 0 bridgehead atoms. The summed E-state index contributed by atoms with van der Waals surface area (Å²) in [5.41, 5.74) is 3.99. The van der Waals surface area contributed by atoms with Gasteiger partial charge in [-0.05, 0) is 51.2 Å². The molecular formula is C23H27N7O2. The lowest BCUT2D eigenvalue weighted by atomic mass is 10.1. The smallest absolute Gasteiger partial charge is 0.330 e. The molecule has 1 saturated heterocycles. The summed E-state index contributed by atoms with van der Waals surface area (Å²) in [7, 11) is 5.55. The van der Waals surface area contributed by atoms with Gasteiger partial charge in [0.15, 0.2) is 5.65 Å². The predicted octanol–water partition coefficient (Wildman–Crippen LogP) is 1.77. The molecule has 1 amide bonds. The van der Waals surface area contributed by atoms with Crippen molar-refractivity contribution in [1.29, 1.82) is 0 Å². The van der Waals surface area contributed by atoms with Crippen LogP contribution in [-0.2, 0) is 11.8 Å². The third kappa shape index (κ3) is 3.38. The monoisotopic (exact) mass is 433 g/mol. The molecule has 0 aliphatic carbocycles. The number of rotatable bonds is 4. The number of likely N-dealkylation sites (N-methyl/N-ethyl adjacent to an activating group) is 1. The number of aryl methyl sites for hydroxylation is 1. The van der Waals surface area contributed by atoms with Gasteiger partial charge in [-0.15, -0.1) is 0 Å². The summed E-state index contributed by atoms with van der Waals surface area (Å²) < 4.78 is 5.23. The molecular weight excluding hydrogens is 406 g/mol. The Morgan fingerprint density at radius 2 is 2.03 bits per heavy atom. The van der Waals surface area contributed by atoms with Crippen LogP contribution in [0.2, 0.25) is 0 Å². The van der Waals surface area contributed by atoms with Crippen LogP contribution in [0.1, 0.15) is 18.9 Å². The molecule has 0 N–H and O–H groups in total. The van der Waals surface area contributed by atoms with Gasteiger partial charge in [-0.25, -0.2) is 14.3 Å². The molecule has 4 aromatic rings. The van der Waals surface area contributed by atoms with Gasteiger partial charge in [0, 0.05) is 31.9 Å². The zero-order valence-corrected chi connectivity index (χ0v) is 18.6. The van der Waals surface area contributed by atoms with Gasteiger partial charge in [0.05, 0.1) is 35.5 Å². The van der Waals surface area contributed by atoms with E-state index in [9.17, 15) is 9.59 Å². The Morgan fingerprint density at radius 1 is 1.19 bits per heavy atom. The topological polar surface area (TPSA) is 80.7 Å². The Morgan fingerprint density at radius 3 is 2.84 bits per heavy atom. The largest absolute Gasteiger partial charge is 0.340 e. The summed E-state index contributed by atoms with van der Waals surface area (Å²) in [6, 6.07) is 9.68. The van der Waals surface area contributed by atoms with Crippen LogP contribution in [-0.4, -0.2) is 73.2 Å². The number of amides is 1. The van der Waals surface area contributed by atoms with Gasteiger partial charge in [-0.2, -0.15) is 5.10 Å². The lowest BCUT2D eigenvalue weighted by Crippen LogP contribution is -2.45. The molecule has 0 saturated carbocycles. The third-order valence-corrected chi connectivity index (χ3v) is 6.21. The molecule has 166 valence electrons. The molecule has 1 aliphatic rings. The van der Waals surface area contributed by atoms with Crippen LogP contribution in [0.4, 0.5) is 0 Å². The van der Waals surface area contributed by atoms with Crippen molar-refractivity contribution < 1.29 is 4.79 Å². The number of aromatic nitrogens is 5. The van der Waals surface area contributed by atoms with E-state index in [4.69, 9.17) is 4.98 Å². The molecule has 9 nitrogen and oxygen atoms in total. The lowest BCUT2D eigenvalue weighted by Gasteiger charge is -2.33. The van der Waals surface area contributed by atoms with Crippen molar-refractivity contribution in [2.24, 2.45) is 7.05 Å².